The number of fused-ring (bicyclic) bond motifs is 1. The van der Waals surface area contributed by atoms with Crippen LogP contribution in [0.5, 0.6) is 0 Å². The number of anilines is 3. The van der Waals surface area contributed by atoms with Crippen molar-refractivity contribution in [2.75, 3.05) is 10.6 Å². The molecule has 0 aliphatic carbocycles. The van der Waals surface area contributed by atoms with Crippen molar-refractivity contribution in [3.05, 3.63) is 94.1 Å². The van der Waals surface area contributed by atoms with E-state index in [0.717, 1.165) is 11.4 Å². The number of rotatable bonds is 6. The molecule has 0 spiro atoms. The molecule has 0 bridgehead atoms. The van der Waals surface area contributed by atoms with Gasteiger partial charge in [-0.15, -0.1) is 0 Å². The lowest BCUT2D eigenvalue weighted by Crippen LogP contribution is -2.23. The van der Waals surface area contributed by atoms with Crippen LogP contribution in [-0.2, 0) is 4.79 Å². The molecule has 0 aliphatic rings. The number of nitrogens with one attached hydrogen (secondary N) is 3. The number of aromatic carboxylic acids is 1. The quantitative estimate of drug-likeness (QED) is 0.340. The number of carbonyl (C=O) groups is 2. The lowest BCUT2D eigenvalue weighted by Gasteiger charge is -2.08. The summed E-state index contributed by atoms with van der Waals surface area (Å²) < 4.78 is 0. The molecule has 32 heavy (non-hydrogen) atoms. The van der Waals surface area contributed by atoms with E-state index in [1.807, 2.05) is 42.5 Å². The zero-order chi connectivity index (χ0) is 22.7. The maximum absolute atomic E-state index is 12.4. The molecule has 160 valence electrons. The minimum absolute atomic E-state index is 0.190. The van der Waals surface area contributed by atoms with E-state index in [0.29, 0.717) is 21.6 Å². The third kappa shape index (κ3) is 4.77. The topological polar surface area (TPSA) is 97.1 Å². The fourth-order valence-corrected chi connectivity index (χ4v) is 3.86. The summed E-state index contributed by atoms with van der Waals surface area (Å²) in [4.78, 5) is 26.7. The van der Waals surface area contributed by atoms with Crippen molar-refractivity contribution in [2.45, 2.75) is 0 Å². The maximum Gasteiger partial charge on any atom is 0.248 e. The first kappa shape index (κ1) is 21.5. The number of benzene rings is 3. The van der Waals surface area contributed by atoms with Crippen molar-refractivity contribution in [2.24, 2.45) is 0 Å². The lowest BCUT2D eigenvalue weighted by atomic mass is 10.1. The Balaban J connectivity index is 1.51. The van der Waals surface area contributed by atoms with Gasteiger partial charge in [0.2, 0.25) is 5.91 Å². The minimum Gasteiger partial charge on any atom is -0.543 e. The summed E-state index contributed by atoms with van der Waals surface area (Å²) in [7, 11) is 0. The van der Waals surface area contributed by atoms with E-state index >= 15 is 0 Å². The van der Waals surface area contributed by atoms with Crippen LogP contribution in [0.4, 0.5) is 17.1 Å². The van der Waals surface area contributed by atoms with Crippen LogP contribution in [0.1, 0.15) is 16.1 Å². The summed E-state index contributed by atoms with van der Waals surface area (Å²) in [6.07, 6.45) is 2.61. The Bertz CT molecular complexity index is 1330. The molecule has 8 heteroatoms. The summed E-state index contributed by atoms with van der Waals surface area (Å²) in [5.74, 6) is -1.85. The molecule has 1 amide bonds. The summed E-state index contributed by atoms with van der Waals surface area (Å²) >= 11 is 12.2. The monoisotopic (exact) mass is 464 g/mol. The van der Waals surface area contributed by atoms with Crippen molar-refractivity contribution in [3.8, 4) is 0 Å². The molecule has 6 nitrogen and oxygen atoms in total. The van der Waals surface area contributed by atoms with Gasteiger partial charge in [-0.3, -0.25) is 4.79 Å². The predicted molar refractivity (Wildman–Crippen MR) is 126 cm³/mol. The maximum atomic E-state index is 12.4. The third-order valence-corrected chi connectivity index (χ3v) is 5.19. The van der Waals surface area contributed by atoms with Gasteiger partial charge in [0.05, 0.1) is 16.7 Å². The molecule has 1 aromatic heterocycles. The Kier molecular flexibility index (Phi) is 6.16. The van der Waals surface area contributed by atoms with E-state index in [1.165, 1.54) is 18.2 Å². The Morgan fingerprint density at radius 1 is 0.906 bits per heavy atom. The van der Waals surface area contributed by atoms with Crippen LogP contribution >= 0.6 is 23.2 Å². The van der Waals surface area contributed by atoms with Crippen molar-refractivity contribution in [1.29, 1.82) is 0 Å². The highest BCUT2D eigenvalue weighted by Gasteiger charge is 2.14. The number of aromatic amines is 1. The van der Waals surface area contributed by atoms with Crippen molar-refractivity contribution in [1.82, 2.24) is 4.98 Å². The molecule has 0 atom stereocenters. The Labute approximate surface area is 193 Å². The molecule has 0 radical (unpaired) electrons. The Morgan fingerprint density at radius 3 is 2.25 bits per heavy atom. The highest BCUT2D eigenvalue weighted by atomic mass is 35.5. The van der Waals surface area contributed by atoms with Gasteiger partial charge in [-0.1, -0.05) is 41.4 Å². The van der Waals surface area contributed by atoms with Crippen LogP contribution in [0.3, 0.4) is 0 Å². The van der Waals surface area contributed by atoms with Crippen molar-refractivity contribution >= 4 is 69.1 Å². The number of hydrogen-bond donors (Lipinski definition) is 3. The second-order valence-corrected chi connectivity index (χ2v) is 7.75. The first-order valence-corrected chi connectivity index (χ1v) is 10.3. The molecule has 0 saturated carbocycles. The number of halogens is 2. The first-order valence-electron chi connectivity index (χ1n) is 9.54. The fourth-order valence-electron chi connectivity index (χ4n) is 3.27. The van der Waals surface area contributed by atoms with Gasteiger partial charge in [0.1, 0.15) is 0 Å². The highest BCUT2D eigenvalue weighted by molar-refractivity contribution is 6.39. The number of carbonyl (C=O) groups excluding carboxylic acids is 2. The number of aromatic nitrogens is 1. The van der Waals surface area contributed by atoms with Gasteiger partial charge >= 0.3 is 0 Å². The van der Waals surface area contributed by atoms with E-state index in [4.69, 9.17) is 23.2 Å². The molecule has 0 saturated heterocycles. The van der Waals surface area contributed by atoms with Gasteiger partial charge in [0, 0.05) is 44.6 Å². The third-order valence-electron chi connectivity index (χ3n) is 4.67. The fraction of sp³-hybridized carbons (Fsp3) is 0. The van der Waals surface area contributed by atoms with E-state index in [1.54, 1.807) is 18.2 Å². The summed E-state index contributed by atoms with van der Waals surface area (Å²) in [6.45, 7) is 0. The summed E-state index contributed by atoms with van der Waals surface area (Å²) in [6, 6.07) is 20.0. The molecule has 0 fully saturated rings. The molecular weight excluding hydrogens is 449 g/mol. The molecule has 3 aromatic carbocycles. The van der Waals surface area contributed by atoms with E-state index in [2.05, 4.69) is 15.6 Å². The average molecular weight is 465 g/mol. The largest absolute Gasteiger partial charge is 0.543 e. The zero-order valence-corrected chi connectivity index (χ0v) is 18.0. The standard InChI is InChI=1S/C24H17Cl2N3O3/c25-14-12-19(26)22-18(23(24(31)32)29-20(22)13-14)10-11-21(30)28-17-8-6-16(7-9-17)27-15-4-2-1-3-5-15/h1-13,27,29H,(H,28,30)(H,31,32)/p-1/b11-10+. The van der Waals surface area contributed by atoms with Gasteiger partial charge in [-0.2, -0.15) is 0 Å². The second kappa shape index (κ2) is 9.18. The smallest absolute Gasteiger partial charge is 0.248 e. The molecule has 0 unspecified atom stereocenters. The molecule has 4 rings (SSSR count). The van der Waals surface area contributed by atoms with Crippen LogP contribution in [0, 0.1) is 0 Å². The second-order valence-electron chi connectivity index (χ2n) is 6.90. The summed E-state index contributed by atoms with van der Waals surface area (Å²) in [5, 5.41) is 18.6. The molecule has 3 N–H and O–H groups in total. The Hall–Kier alpha value is -3.74. The number of amides is 1. The van der Waals surface area contributed by atoms with E-state index in [-0.39, 0.29) is 16.3 Å². The molecule has 1 heterocycles. The van der Waals surface area contributed by atoms with Crippen LogP contribution < -0.4 is 15.7 Å². The molecular formula is C24H16Cl2N3O3-. The zero-order valence-electron chi connectivity index (χ0n) is 16.5. The van der Waals surface area contributed by atoms with Gasteiger partial charge < -0.3 is 25.5 Å². The Morgan fingerprint density at radius 2 is 1.56 bits per heavy atom. The minimum atomic E-state index is -1.42. The van der Waals surface area contributed by atoms with E-state index in [9.17, 15) is 14.7 Å². The SMILES string of the molecule is O=C(/C=C/c1c(C(=O)[O-])[nH]c2cc(Cl)cc(Cl)c12)Nc1ccc(Nc2ccccc2)cc1. The molecule has 4 aromatic rings. The van der Waals surface area contributed by atoms with Crippen LogP contribution in [0.25, 0.3) is 17.0 Å². The highest BCUT2D eigenvalue weighted by Crippen LogP contribution is 2.33. The van der Waals surface area contributed by atoms with Crippen LogP contribution in [0.15, 0.2) is 72.8 Å². The predicted octanol–water partition coefficient (Wildman–Crippen LogP) is 5.23. The number of carboxylic acid groups (broad SMARTS) is 1. The van der Waals surface area contributed by atoms with Gasteiger partial charge in [-0.25, -0.2) is 0 Å². The normalized spacial score (nSPS) is 11.1. The van der Waals surface area contributed by atoms with Gasteiger partial charge in [0.25, 0.3) is 0 Å². The number of H-pyrrole nitrogens is 1. The average Bonchev–Trinajstić information content (AvgIpc) is 3.13. The van der Waals surface area contributed by atoms with Gasteiger partial charge in [-0.05, 0) is 54.6 Å². The van der Waals surface area contributed by atoms with Crippen LogP contribution in [0.2, 0.25) is 10.0 Å². The van der Waals surface area contributed by atoms with Gasteiger partial charge in [0.15, 0.2) is 0 Å². The lowest BCUT2D eigenvalue weighted by molar-refractivity contribution is -0.255. The number of carboxylic acids is 1. The summed E-state index contributed by atoms with van der Waals surface area (Å²) in [5.41, 5.74) is 2.89. The number of hydrogen-bond acceptors (Lipinski definition) is 4. The van der Waals surface area contributed by atoms with Crippen LogP contribution in [-0.4, -0.2) is 16.9 Å². The van der Waals surface area contributed by atoms with E-state index < -0.39 is 11.9 Å². The first-order chi connectivity index (χ1) is 15.4. The van der Waals surface area contributed by atoms with Crippen molar-refractivity contribution < 1.29 is 14.7 Å². The number of para-hydroxylation sites is 1. The molecule has 0 aliphatic heterocycles. The van der Waals surface area contributed by atoms with Crippen molar-refractivity contribution in [3.63, 3.8) is 0 Å².